The summed E-state index contributed by atoms with van der Waals surface area (Å²) in [6.07, 6.45) is 0. The highest BCUT2D eigenvalue weighted by Gasteiger charge is 2.04. The first kappa shape index (κ1) is 15.4. The number of ether oxygens (including phenoxy) is 1. The number of benzene rings is 1. The largest absolute Gasteiger partial charge is 0.506 e. The first-order valence-electron chi connectivity index (χ1n) is 5.99. The summed E-state index contributed by atoms with van der Waals surface area (Å²) in [5.74, 6) is 0.317. The second-order valence-corrected chi connectivity index (χ2v) is 5.07. The van der Waals surface area contributed by atoms with Crippen LogP contribution in [0.2, 0.25) is 0 Å². The van der Waals surface area contributed by atoms with Crippen LogP contribution in [0.5, 0.6) is 5.75 Å². The van der Waals surface area contributed by atoms with Crippen molar-refractivity contribution >= 4 is 15.9 Å². The van der Waals surface area contributed by atoms with Gasteiger partial charge in [-0.25, -0.2) is 0 Å². The number of phenols is 1. The van der Waals surface area contributed by atoms with Gasteiger partial charge >= 0.3 is 0 Å². The summed E-state index contributed by atoms with van der Waals surface area (Å²) in [7, 11) is 3.78. The number of likely N-dealkylation sites (N-methyl/N-ethyl adjacent to an activating group) is 1. The van der Waals surface area contributed by atoms with Gasteiger partial charge in [0.05, 0.1) is 11.1 Å². The molecule has 0 aliphatic rings. The van der Waals surface area contributed by atoms with Gasteiger partial charge in [0.1, 0.15) is 5.75 Å². The molecule has 0 amide bonds. The molecule has 0 spiro atoms. The van der Waals surface area contributed by atoms with Crippen LogP contribution in [-0.2, 0) is 11.3 Å². The quantitative estimate of drug-likeness (QED) is 0.718. The van der Waals surface area contributed by atoms with Crippen LogP contribution in [0.25, 0.3) is 0 Å². The minimum Gasteiger partial charge on any atom is -0.506 e. The molecular weight excluding hydrogens is 296 g/mol. The Morgan fingerprint density at radius 2 is 2.17 bits per heavy atom. The monoisotopic (exact) mass is 316 g/mol. The maximum absolute atomic E-state index is 9.81. The van der Waals surface area contributed by atoms with Gasteiger partial charge in [-0.15, -0.1) is 0 Å². The predicted octanol–water partition coefficient (Wildman–Crippen LogP) is 1.82. The van der Waals surface area contributed by atoms with E-state index in [1.165, 1.54) is 0 Å². The number of halogens is 1. The van der Waals surface area contributed by atoms with Crippen molar-refractivity contribution in [3.8, 4) is 5.75 Å². The lowest BCUT2D eigenvalue weighted by atomic mass is 10.2. The van der Waals surface area contributed by atoms with E-state index in [4.69, 9.17) is 4.74 Å². The summed E-state index contributed by atoms with van der Waals surface area (Å²) in [5, 5.41) is 13.1. The molecule has 0 unspecified atom stereocenters. The fourth-order valence-corrected chi connectivity index (χ4v) is 1.96. The third-order valence-corrected chi connectivity index (χ3v) is 3.37. The molecule has 102 valence electrons. The molecule has 0 atom stereocenters. The lowest BCUT2D eigenvalue weighted by molar-refractivity contribution is 0.161. The Balaban J connectivity index is 2.23. The third-order valence-electron chi connectivity index (χ3n) is 2.73. The van der Waals surface area contributed by atoms with Gasteiger partial charge in [-0.05, 0) is 29.0 Å². The summed E-state index contributed by atoms with van der Waals surface area (Å²) >= 11 is 3.31. The van der Waals surface area contributed by atoms with Gasteiger partial charge < -0.3 is 20.1 Å². The highest BCUT2D eigenvalue weighted by Crippen LogP contribution is 2.26. The second kappa shape index (κ2) is 8.48. The van der Waals surface area contributed by atoms with Gasteiger partial charge in [-0.1, -0.05) is 12.1 Å². The Morgan fingerprint density at radius 3 is 2.89 bits per heavy atom. The number of methoxy groups -OCH3 is 1. The minimum atomic E-state index is 0.317. The average Bonchev–Trinajstić information content (AvgIpc) is 2.37. The van der Waals surface area contributed by atoms with E-state index in [9.17, 15) is 5.11 Å². The highest BCUT2D eigenvalue weighted by atomic mass is 79.9. The zero-order chi connectivity index (χ0) is 13.4. The first-order valence-corrected chi connectivity index (χ1v) is 6.79. The van der Waals surface area contributed by atoms with Gasteiger partial charge in [-0.2, -0.15) is 0 Å². The molecule has 0 aromatic heterocycles. The van der Waals surface area contributed by atoms with E-state index < -0.39 is 0 Å². The average molecular weight is 317 g/mol. The van der Waals surface area contributed by atoms with Crippen molar-refractivity contribution in [1.29, 1.82) is 0 Å². The molecule has 0 saturated carbocycles. The first-order chi connectivity index (χ1) is 8.65. The predicted molar refractivity (Wildman–Crippen MR) is 76.9 cm³/mol. The maximum Gasteiger partial charge on any atom is 0.134 e. The van der Waals surface area contributed by atoms with E-state index in [0.29, 0.717) is 12.3 Å². The fourth-order valence-electron chi connectivity index (χ4n) is 1.55. The van der Waals surface area contributed by atoms with E-state index in [1.54, 1.807) is 7.11 Å². The summed E-state index contributed by atoms with van der Waals surface area (Å²) in [5.41, 5.74) is 0.906. The summed E-state index contributed by atoms with van der Waals surface area (Å²) in [6.45, 7) is 4.19. The van der Waals surface area contributed by atoms with E-state index >= 15 is 0 Å². The van der Waals surface area contributed by atoms with Crippen LogP contribution in [0.15, 0.2) is 22.7 Å². The molecule has 0 fully saturated rings. The number of para-hydroxylation sites is 1. The molecule has 0 bridgehead atoms. The number of nitrogens with zero attached hydrogens (tertiary/aromatic N) is 1. The van der Waals surface area contributed by atoms with Crippen molar-refractivity contribution in [2.24, 2.45) is 0 Å². The van der Waals surface area contributed by atoms with Crippen LogP contribution < -0.4 is 5.32 Å². The Kier molecular flexibility index (Phi) is 7.27. The number of aromatic hydroxyl groups is 1. The smallest absolute Gasteiger partial charge is 0.134 e. The number of rotatable bonds is 8. The van der Waals surface area contributed by atoms with E-state index in [2.05, 4.69) is 33.2 Å². The molecule has 5 heteroatoms. The van der Waals surface area contributed by atoms with Gasteiger partial charge in [0.25, 0.3) is 0 Å². The molecule has 0 aliphatic carbocycles. The topological polar surface area (TPSA) is 44.7 Å². The van der Waals surface area contributed by atoms with Crippen molar-refractivity contribution < 1.29 is 9.84 Å². The zero-order valence-electron chi connectivity index (χ0n) is 10.9. The van der Waals surface area contributed by atoms with Crippen LogP contribution in [0.4, 0.5) is 0 Å². The highest BCUT2D eigenvalue weighted by molar-refractivity contribution is 9.10. The molecule has 0 aliphatic heterocycles. The normalized spacial score (nSPS) is 11.1. The number of phenolic OH excluding ortho intramolecular Hbond substituents is 1. The molecular formula is C13H21BrN2O2. The van der Waals surface area contributed by atoms with Crippen molar-refractivity contribution in [3.05, 3.63) is 28.2 Å². The molecule has 0 radical (unpaired) electrons. The van der Waals surface area contributed by atoms with Crippen LogP contribution >= 0.6 is 15.9 Å². The number of hydrogen-bond donors (Lipinski definition) is 2. The summed E-state index contributed by atoms with van der Waals surface area (Å²) in [6, 6.07) is 5.67. The molecule has 1 rings (SSSR count). The van der Waals surface area contributed by atoms with Crippen molar-refractivity contribution in [2.75, 3.05) is 40.4 Å². The third kappa shape index (κ3) is 5.35. The molecule has 1 aromatic carbocycles. The number of nitrogens with one attached hydrogen (secondary N) is 1. The van der Waals surface area contributed by atoms with Crippen molar-refractivity contribution in [3.63, 3.8) is 0 Å². The van der Waals surface area contributed by atoms with Crippen LogP contribution in [0.1, 0.15) is 5.56 Å². The SMILES string of the molecule is COCCN(C)CCNCc1cccc(Br)c1O. The molecule has 0 saturated heterocycles. The summed E-state index contributed by atoms with van der Waals surface area (Å²) in [4.78, 5) is 2.21. The van der Waals surface area contributed by atoms with Gasteiger partial charge in [0.2, 0.25) is 0 Å². The molecule has 0 heterocycles. The van der Waals surface area contributed by atoms with Crippen molar-refractivity contribution in [1.82, 2.24) is 10.2 Å². The maximum atomic E-state index is 9.81. The molecule has 2 N–H and O–H groups in total. The fraction of sp³-hybridized carbons (Fsp3) is 0.538. The van der Waals surface area contributed by atoms with Gasteiger partial charge in [0, 0.05) is 38.9 Å². The zero-order valence-corrected chi connectivity index (χ0v) is 12.5. The Labute approximate surface area is 117 Å². The molecule has 4 nitrogen and oxygen atoms in total. The van der Waals surface area contributed by atoms with E-state index in [0.717, 1.165) is 36.3 Å². The molecule has 1 aromatic rings. The lowest BCUT2D eigenvalue weighted by Gasteiger charge is -2.16. The number of hydrogen-bond acceptors (Lipinski definition) is 4. The Morgan fingerprint density at radius 1 is 1.39 bits per heavy atom. The van der Waals surface area contributed by atoms with Crippen LogP contribution in [-0.4, -0.2) is 50.4 Å². The van der Waals surface area contributed by atoms with Gasteiger partial charge in [-0.3, -0.25) is 0 Å². The van der Waals surface area contributed by atoms with E-state index in [1.807, 2.05) is 18.2 Å². The standard InChI is InChI=1S/C13H21BrN2O2/c1-16(8-9-18-2)7-6-15-10-11-4-3-5-12(14)13(11)17/h3-5,15,17H,6-10H2,1-2H3. The Hall–Kier alpha value is -0.620. The summed E-state index contributed by atoms with van der Waals surface area (Å²) < 4.78 is 5.75. The minimum absolute atomic E-state index is 0.317. The van der Waals surface area contributed by atoms with E-state index in [-0.39, 0.29) is 0 Å². The Bertz CT molecular complexity index is 361. The lowest BCUT2D eigenvalue weighted by Crippen LogP contribution is -2.31. The van der Waals surface area contributed by atoms with Crippen LogP contribution in [0, 0.1) is 0 Å². The van der Waals surface area contributed by atoms with Crippen molar-refractivity contribution in [2.45, 2.75) is 6.54 Å². The molecule has 18 heavy (non-hydrogen) atoms. The second-order valence-electron chi connectivity index (χ2n) is 4.22. The van der Waals surface area contributed by atoms with Crippen LogP contribution in [0.3, 0.4) is 0 Å². The van der Waals surface area contributed by atoms with Gasteiger partial charge in [0.15, 0.2) is 0 Å².